The van der Waals surface area contributed by atoms with Crippen LogP contribution in [0.25, 0.3) is 0 Å². The third-order valence-corrected chi connectivity index (χ3v) is 3.78. The molecule has 0 radical (unpaired) electrons. The summed E-state index contributed by atoms with van der Waals surface area (Å²) >= 11 is 0. The van der Waals surface area contributed by atoms with Gasteiger partial charge in [-0.25, -0.2) is 0 Å². The second kappa shape index (κ2) is 3.82. The van der Waals surface area contributed by atoms with E-state index in [1.165, 1.54) is 0 Å². The summed E-state index contributed by atoms with van der Waals surface area (Å²) in [6.45, 7) is 8.51. The van der Waals surface area contributed by atoms with Gasteiger partial charge in [-0.05, 0) is 40.2 Å². The van der Waals surface area contributed by atoms with Crippen LogP contribution in [-0.4, -0.2) is 21.0 Å². The zero-order valence-electron chi connectivity index (χ0n) is 11.4. The highest BCUT2D eigenvalue weighted by Crippen LogP contribution is 2.46. The van der Waals surface area contributed by atoms with Crippen LogP contribution in [0.15, 0.2) is 12.3 Å². The second-order valence-electron chi connectivity index (χ2n) is 6.18. The van der Waals surface area contributed by atoms with Gasteiger partial charge in [0.25, 0.3) is 0 Å². The predicted molar refractivity (Wildman–Crippen MR) is 67.5 cm³/mol. The molecule has 0 spiro atoms. The molecule has 1 aromatic rings. The quantitative estimate of drug-likeness (QED) is 0.856. The van der Waals surface area contributed by atoms with Crippen molar-refractivity contribution < 1.29 is 4.74 Å². The van der Waals surface area contributed by atoms with Gasteiger partial charge in [-0.15, -0.1) is 0 Å². The summed E-state index contributed by atoms with van der Waals surface area (Å²) < 4.78 is 7.95. The second-order valence-corrected chi connectivity index (χ2v) is 6.18. The number of aryl methyl sites for hydroxylation is 1. The van der Waals surface area contributed by atoms with Crippen molar-refractivity contribution in [3.05, 3.63) is 18.0 Å². The molecule has 4 heteroatoms. The average molecular weight is 237 g/mol. The number of aromatic nitrogens is 2. The van der Waals surface area contributed by atoms with Crippen molar-refractivity contribution in [1.29, 1.82) is 0 Å². The summed E-state index contributed by atoms with van der Waals surface area (Å²) in [5.74, 6) is 0.313. The van der Waals surface area contributed by atoms with E-state index in [0.29, 0.717) is 5.92 Å². The minimum Gasteiger partial charge on any atom is -0.369 e. The Balaban J connectivity index is 2.26. The fourth-order valence-corrected chi connectivity index (χ4v) is 3.08. The third kappa shape index (κ3) is 2.24. The molecular weight excluding hydrogens is 214 g/mol. The lowest BCUT2D eigenvalue weighted by molar-refractivity contribution is -0.0769. The number of ether oxygens (including phenoxy) is 1. The van der Waals surface area contributed by atoms with Gasteiger partial charge in [-0.1, -0.05) is 0 Å². The number of nitrogens with zero attached hydrogens (tertiary/aromatic N) is 2. The number of hydrogen-bond donors (Lipinski definition) is 1. The van der Waals surface area contributed by atoms with Crippen LogP contribution >= 0.6 is 0 Å². The Morgan fingerprint density at radius 3 is 2.53 bits per heavy atom. The van der Waals surface area contributed by atoms with E-state index < -0.39 is 0 Å². The highest BCUT2D eigenvalue weighted by Gasteiger charge is 2.48. The Kier molecular flexibility index (Phi) is 2.83. The van der Waals surface area contributed by atoms with Gasteiger partial charge in [0.15, 0.2) is 0 Å². The Morgan fingerprint density at radius 1 is 1.47 bits per heavy atom. The van der Waals surface area contributed by atoms with Crippen LogP contribution in [0.3, 0.4) is 0 Å². The summed E-state index contributed by atoms with van der Waals surface area (Å²) in [7, 11) is 1.93. The zero-order chi connectivity index (χ0) is 12.8. The topological polar surface area (TPSA) is 53.1 Å². The smallest absolute Gasteiger partial charge is 0.0681 e. The molecule has 1 aromatic heterocycles. The molecule has 0 aliphatic carbocycles. The van der Waals surface area contributed by atoms with E-state index in [2.05, 4.69) is 32.8 Å². The first-order chi connectivity index (χ1) is 7.73. The number of hydrogen-bond acceptors (Lipinski definition) is 3. The summed E-state index contributed by atoms with van der Waals surface area (Å²) in [5, 5.41) is 4.19. The largest absolute Gasteiger partial charge is 0.369 e. The normalized spacial score (nSPS) is 28.2. The highest BCUT2D eigenvalue weighted by atomic mass is 16.5. The van der Waals surface area contributed by atoms with E-state index in [9.17, 15) is 0 Å². The van der Waals surface area contributed by atoms with Crippen LogP contribution in [0.1, 0.15) is 45.9 Å². The van der Waals surface area contributed by atoms with E-state index in [0.717, 1.165) is 12.1 Å². The first kappa shape index (κ1) is 12.6. The van der Waals surface area contributed by atoms with E-state index >= 15 is 0 Å². The number of rotatable bonds is 2. The van der Waals surface area contributed by atoms with E-state index in [-0.39, 0.29) is 17.2 Å². The van der Waals surface area contributed by atoms with Gasteiger partial charge in [0.05, 0.1) is 22.9 Å². The predicted octanol–water partition coefficient (Wildman–Crippen LogP) is 2.01. The highest BCUT2D eigenvalue weighted by molar-refractivity contribution is 5.12. The van der Waals surface area contributed by atoms with Gasteiger partial charge in [-0.2, -0.15) is 5.10 Å². The molecule has 1 fully saturated rings. The fourth-order valence-electron chi connectivity index (χ4n) is 3.08. The Labute approximate surface area is 103 Å². The monoisotopic (exact) mass is 237 g/mol. The Bertz CT molecular complexity index is 409. The van der Waals surface area contributed by atoms with Crippen molar-refractivity contribution in [2.75, 3.05) is 0 Å². The molecule has 4 nitrogen and oxygen atoms in total. The van der Waals surface area contributed by atoms with Crippen molar-refractivity contribution in [1.82, 2.24) is 9.78 Å². The van der Waals surface area contributed by atoms with Crippen molar-refractivity contribution in [3.8, 4) is 0 Å². The molecule has 2 atom stereocenters. The maximum absolute atomic E-state index is 6.40. The molecule has 1 aliphatic rings. The standard InChI is InChI=1S/C13H23N3O/c1-12(2)8-9(13(3,4)17-12)11(14)10-6-7-15-16(10)5/h6-7,9,11H,8,14H2,1-5H3. The molecule has 0 aromatic carbocycles. The fraction of sp³-hybridized carbons (Fsp3) is 0.769. The van der Waals surface area contributed by atoms with E-state index in [1.54, 1.807) is 6.20 Å². The van der Waals surface area contributed by atoms with Crippen molar-refractivity contribution >= 4 is 0 Å². The van der Waals surface area contributed by atoms with Gasteiger partial charge in [-0.3, -0.25) is 4.68 Å². The number of nitrogens with two attached hydrogens (primary N) is 1. The Morgan fingerprint density at radius 2 is 2.12 bits per heavy atom. The van der Waals surface area contributed by atoms with E-state index in [4.69, 9.17) is 10.5 Å². The molecule has 2 N–H and O–H groups in total. The lowest BCUT2D eigenvalue weighted by Gasteiger charge is -2.31. The summed E-state index contributed by atoms with van der Waals surface area (Å²) in [4.78, 5) is 0. The maximum Gasteiger partial charge on any atom is 0.0681 e. The molecule has 96 valence electrons. The van der Waals surface area contributed by atoms with Crippen LogP contribution in [-0.2, 0) is 11.8 Å². The van der Waals surface area contributed by atoms with Crippen LogP contribution in [0.2, 0.25) is 0 Å². The van der Waals surface area contributed by atoms with Gasteiger partial charge in [0.2, 0.25) is 0 Å². The van der Waals surface area contributed by atoms with Crippen LogP contribution in [0.5, 0.6) is 0 Å². The summed E-state index contributed by atoms with van der Waals surface area (Å²) in [5.41, 5.74) is 7.19. The van der Waals surface area contributed by atoms with Gasteiger partial charge >= 0.3 is 0 Å². The third-order valence-electron chi connectivity index (χ3n) is 3.78. The molecule has 17 heavy (non-hydrogen) atoms. The average Bonchev–Trinajstić information content (AvgIpc) is 2.66. The molecule has 2 heterocycles. The molecule has 0 amide bonds. The van der Waals surface area contributed by atoms with Gasteiger partial charge in [0.1, 0.15) is 0 Å². The van der Waals surface area contributed by atoms with Crippen molar-refractivity contribution in [3.63, 3.8) is 0 Å². The summed E-state index contributed by atoms with van der Waals surface area (Å²) in [6.07, 6.45) is 2.77. The van der Waals surface area contributed by atoms with Gasteiger partial charge < -0.3 is 10.5 Å². The molecule has 1 saturated heterocycles. The first-order valence-corrected chi connectivity index (χ1v) is 6.17. The Hall–Kier alpha value is -0.870. The molecular formula is C13H23N3O. The van der Waals surface area contributed by atoms with Gasteiger partial charge in [0, 0.05) is 19.2 Å². The minimum atomic E-state index is -0.187. The first-order valence-electron chi connectivity index (χ1n) is 6.17. The molecule has 1 aliphatic heterocycles. The molecule has 2 unspecified atom stereocenters. The zero-order valence-corrected chi connectivity index (χ0v) is 11.4. The van der Waals surface area contributed by atoms with Crippen LogP contribution < -0.4 is 5.73 Å². The van der Waals surface area contributed by atoms with E-state index in [1.807, 2.05) is 17.8 Å². The molecule has 0 bridgehead atoms. The van der Waals surface area contributed by atoms with Crippen LogP contribution in [0.4, 0.5) is 0 Å². The summed E-state index contributed by atoms with van der Waals surface area (Å²) in [6, 6.07) is 1.96. The lowest BCUT2D eigenvalue weighted by Crippen LogP contribution is -2.36. The minimum absolute atomic E-state index is 0.0284. The SMILES string of the molecule is Cn1nccc1C(N)C1CC(C)(C)OC1(C)C. The van der Waals surface area contributed by atoms with Crippen LogP contribution in [0, 0.1) is 5.92 Å². The van der Waals surface area contributed by atoms with Crippen molar-refractivity contribution in [2.24, 2.45) is 18.7 Å². The molecule has 0 saturated carbocycles. The maximum atomic E-state index is 6.40. The van der Waals surface area contributed by atoms with Crippen molar-refractivity contribution in [2.45, 2.75) is 51.4 Å². The molecule has 2 rings (SSSR count). The lowest BCUT2D eigenvalue weighted by atomic mass is 9.81.